The number of likely N-dealkylation sites (tertiary alicyclic amines) is 1. The molecule has 4 aliphatic heterocycles. The highest BCUT2D eigenvalue weighted by Crippen LogP contribution is 2.48. The fourth-order valence-electron chi connectivity index (χ4n) is 5.85. The SMILES string of the molecule is CCc1ncc(CN2C[C@H](c3ccccc3OC)[C@@H]3[C@H]2C2CCN3CC2)cn1. The summed E-state index contributed by atoms with van der Waals surface area (Å²) >= 11 is 0. The fraction of sp³-hybridized carbons (Fsp3) is 0.565. The Morgan fingerprint density at radius 1 is 1.07 bits per heavy atom. The maximum atomic E-state index is 5.74. The number of hydrogen-bond acceptors (Lipinski definition) is 5. The molecule has 148 valence electrons. The first-order valence-corrected chi connectivity index (χ1v) is 10.7. The van der Waals surface area contributed by atoms with Crippen molar-refractivity contribution in [2.24, 2.45) is 5.92 Å². The van der Waals surface area contributed by atoms with Gasteiger partial charge in [0.1, 0.15) is 11.6 Å². The molecule has 1 aromatic carbocycles. The normalized spacial score (nSPS) is 31.7. The topological polar surface area (TPSA) is 41.5 Å². The lowest BCUT2D eigenvalue weighted by molar-refractivity contribution is -0.00884. The Balaban J connectivity index is 1.46. The Kier molecular flexibility index (Phi) is 4.81. The number of piperidine rings is 3. The lowest BCUT2D eigenvalue weighted by atomic mass is 9.75. The van der Waals surface area contributed by atoms with Crippen LogP contribution in [0.1, 0.15) is 42.6 Å². The molecule has 0 radical (unpaired) electrons. The van der Waals surface area contributed by atoms with Crippen molar-refractivity contribution < 1.29 is 4.74 Å². The average Bonchev–Trinajstić information content (AvgIpc) is 3.16. The third kappa shape index (κ3) is 3.01. The van der Waals surface area contributed by atoms with Crippen LogP contribution in [-0.4, -0.2) is 58.6 Å². The molecule has 0 unspecified atom stereocenters. The number of aryl methyl sites for hydroxylation is 1. The highest BCUT2D eigenvalue weighted by atomic mass is 16.5. The molecule has 3 atom stereocenters. The van der Waals surface area contributed by atoms with Crippen LogP contribution in [-0.2, 0) is 13.0 Å². The zero-order chi connectivity index (χ0) is 19.1. The van der Waals surface area contributed by atoms with E-state index in [1.165, 1.54) is 37.1 Å². The Morgan fingerprint density at radius 2 is 1.82 bits per heavy atom. The van der Waals surface area contributed by atoms with E-state index in [1.54, 1.807) is 7.11 Å². The van der Waals surface area contributed by atoms with Crippen molar-refractivity contribution in [1.82, 2.24) is 19.8 Å². The van der Waals surface area contributed by atoms with Gasteiger partial charge >= 0.3 is 0 Å². The molecule has 0 spiro atoms. The van der Waals surface area contributed by atoms with Crippen molar-refractivity contribution in [2.75, 3.05) is 26.7 Å². The average molecular weight is 379 g/mol. The molecule has 5 heterocycles. The highest BCUT2D eigenvalue weighted by Gasteiger charge is 2.53. The summed E-state index contributed by atoms with van der Waals surface area (Å²) in [6.07, 6.45) is 7.61. The largest absolute Gasteiger partial charge is 0.496 e. The van der Waals surface area contributed by atoms with E-state index < -0.39 is 0 Å². The third-order valence-electron chi connectivity index (χ3n) is 7.09. The van der Waals surface area contributed by atoms with Gasteiger partial charge in [-0.2, -0.15) is 0 Å². The second-order valence-electron chi connectivity index (χ2n) is 8.49. The summed E-state index contributed by atoms with van der Waals surface area (Å²) in [5, 5.41) is 0. The van der Waals surface area contributed by atoms with Gasteiger partial charge < -0.3 is 4.74 Å². The highest BCUT2D eigenvalue weighted by molar-refractivity contribution is 5.39. The Labute approximate surface area is 167 Å². The summed E-state index contributed by atoms with van der Waals surface area (Å²) in [4.78, 5) is 14.5. The molecule has 1 aromatic heterocycles. The maximum absolute atomic E-state index is 5.74. The van der Waals surface area contributed by atoms with Gasteiger partial charge in [-0.3, -0.25) is 9.80 Å². The summed E-state index contributed by atoms with van der Waals surface area (Å²) < 4.78 is 5.74. The summed E-state index contributed by atoms with van der Waals surface area (Å²) in [6, 6.07) is 9.84. The van der Waals surface area contributed by atoms with Crippen LogP contribution in [0.4, 0.5) is 0 Å². The fourth-order valence-corrected chi connectivity index (χ4v) is 5.85. The van der Waals surface area contributed by atoms with E-state index in [0.717, 1.165) is 37.0 Å². The number of rotatable bonds is 5. The molecule has 4 aliphatic rings. The summed E-state index contributed by atoms with van der Waals surface area (Å²) in [6.45, 7) is 6.63. The number of benzene rings is 1. The number of methoxy groups -OCH3 is 1. The van der Waals surface area contributed by atoms with Gasteiger partial charge in [-0.05, 0) is 37.9 Å². The first-order chi connectivity index (χ1) is 13.8. The first-order valence-electron chi connectivity index (χ1n) is 10.7. The standard InChI is InChI=1S/C23H30N4O/c1-3-21-24-12-16(13-25-21)14-27-15-19(18-6-4-5-7-20(18)28-2)23-22(27)17-8-10-26(23)11-9-17/h4-7,12-13,17,19,22-23H,3,8-11,14-15H2,1-2H3/t19-,22-,23-/m1/s1. The van der Waals surface area contributed by atoms with Gasteiger partial charge in [-0.25, -0.2) is 9.97 Å². The van der Waals surface area contributed by atoms with Crippen molar-refractivity contribution in [3.8, 4) is 5.75 Å². The van der Waals surface area contributed by atoms with Gasteiger partial charge in [0.25, 0.3) is 0 Å². The van der Waals surface area contributed by atoms with E-state index in [9.17, 15) is 0 Å². The molecule has 0 saturated carbocycles. The van der Waals surface area contributed by atoms with Crippen LogP contribution in [0.5, 0.6) is 5.75 Å². The predicted molar refractivity (Wildman–Crippen MR) is 109 cm³/mol. The second-order valence-corrected chi connectivity index (χ2v) is 8.49. The molecule has 0 amide bonds. The van der Waals surface area contributed by atoms with Crippen LogP contribution in [0.3, 0.4) is 0 Å². The van der Waals surface area contributed by atoms with Crippen LogP contribution in [0, 0.1) is 5.92 Å². The molecule has 5 nitrogen and oxygen atoms in total. The molecule has 6 rings (SSSR count). The lowest BCUT2D eigenvalue weighted by Crippen LogP contribution is -2.60. The van der Waals surface area contributed by atoms with E-state index in [4.69, 9.17) is 4.74 Å². The van der Waals surface area contributed by atoms with E-state index in [2.05, 4.69) is 51.0 Å². The lowest BCUT2D eigenvalue weighted by Gasteiger charge is -2.51. The molecule has 4 fully saturated rings. The van der Waals surface area contributed by atoms with E-state index in [-0.39, 0.29) is 0 Å². The van der Waals surface area contributed by atoms with Gasteiger partial charge in [-0.15, -0.1) is 0 Å². The molecule has 2 aromatic rings. The van der Waals surface area contributed by atoms with Gasteiger partial charge in [0, 0.05) is 61.0 Å². The zero-order valence-corrected chi connectivity index (χ0v) is 16.9. The minimum atomic E-state index is 0.500. The van der Waals surface area contributed by atoms with E-state index >= 15 is 0 Å². The molecular formula is C23H30N4O. The van der Waals surface area contributed by atoms with Crippen LogP contribution in [0.2, 0.25) is 0 Å². The number of ether oxygens (including phenoxy) is 1. The van der Waals surface area contributed by atoms with Crippen LogP contribution >= 0.6 is 0 Å². The van der Waals surface area contributed by atoms with Crippen molar-refractivity contribution in [3.05, 3.63) is 53.6 Å². The number of aromatic nitrogens is 2. The van der Waals surface area contributed by atoms with Crippen LogP contribution in [0.25, 0.3) is 0 Å². The molecule has 4 saturated heterocycles. The van der Waals surface area contributed by atoms with Crippen LogP contribution < -0.4 is 4.74 Å². The van der Waals surface area contributed by atoms with Crippen molar-refractivity contribution >= 4 is 0 Å². The quantitative estimate of drug-likeness (QED) is 0.800. The number of fused-ring (bicyclic) bond motifs is 2. The minimum absolute atomic E-state index is 0.500. The summed E-state index contributed by atoms with van der Waals surface area (Å²) in [5.74, 6) is 3.27. The molecule has 0 N–H and O–H groups in total. The van der Waals surface area contributed by atoms with Crippen molar-refractivity contribution in [1.29, 1.82) is 0 Å². The first kappa shape index (κ1) is 18.1. The summed E-state index contributed by atoms with van der Waals surface area (Å²) in [7, 11) is 1.79. The Morgan fingerprint density at radius 3 is 2.54 bits per heavy atom. The van der Waals surface area contributed by atoms with Crippen molar-refractivity contribution in [3.63, 3.8) is 0 Å². The Bertz CT molecular complexity index is 816. The maximum Gasteiger partial charge on any atom is 0.127 e. The Hall–Kier alpha value is -1.98. The molecular weight excluding hydrogens is 348 g/mol. The van der Waals surface area contributed by atoms with Gasteiger partial charge in [-0.1, -0.05) is 25.1 Å². The van der Waals surface area contributed by atoms with E-state index in [0.29, 0.717) is 18.0 Å². The number of para-hydroxylation sites is 1. The molecule has 0 aliphatic carbocycles. The smallest absolute Gasteiger partial charge is 0.127 e. The number of nitrogens with zero attached hydrogens (tertiary/aromatic N) is 4. The van der Waals surface area contributed by atoms with E-state index in [1.807, 2.05) is 12.4 Å². The minimum Gasteiger partial charge on any atom is -0.496 e. The number of hydrogen-bond donors (Lipinski definition) is 0. The van der Waals surface area contributed by atoms with Gasteiger partial charge in [0.2, 0.25) is 0 Å². The van der Waals surface area contributed by atoms with Gasteiger partial charge in [0.05, 0.1) is 7.11 Å². The third-order valence-corrected chi connectivity index (χ3v) is 7.09. The van der Waals surface area contributed by atoms with Crippen molar-refractivity contribution in [2.45, 2.75) is 50.7 Å². The summed E-state index contributed by atoms with van der Waals surface area (Å²) in [5.41, 5.74) is 2.60. The van der Waals surface area contributed by atoms with Crippen LogP contribution in [0.15, 0.2) is 36.7 Å². The van der Waals surface area contributed by atoms with Gasteiger partial charge in [0.15, 0.2) is 0 Å². The second kappa shape index (κ2) is 7.45. The zero-order valence-electron chi connectivity index (χ0n) is 16.9. The molecule has 2 bridgehead atoms. The molecule has 28 heavy (non-hydrogen) atoms. The monoisotopic (exact) mass is 378 g/mol. The molecule has 5 heteroatoms. The predicted octanol–water partition coefficient (Wildman–Crippen LogP) is 3.11.